The van der Waals surface area contributed by atoms with Gasteiger partial charge in [0.15, 0.2) is 0 Å². The largest absolute Gasteiger partial charge is 0.497 e. The first kappa shape index (κ1) is 32.4. The molecule has 0 bridgehead atoms. The monoisotopic (exact) mass is 631 g/mol. The average molecular weight is 632 g/mol. The van der Waals surface area contributed by atoms with Gasteiger partial charge in [-0.1, -0.05) is 29.9 Å². The number of ether oxygens (including phenoxy) is 1. The highest BCUT2D eigenvalue weighted by Gasteiger charge is 2.33. The van der Waals surface area contributed by atoms with Crippen molar-refractivity contribution in [2.75, 3.05) is 61.2 Å². The summed E-state index contributed by atoms with van der Waals surface area (Å²) >= 11 is 0. The Morgan fingerprint density at radius 2 is 1.72 bits per heavy atom. The van der Waals surface area contributed by atoms with Crippen LogP contribution in [-0.2, 0) is 11.0 Å². The summed E-state index contributed by atoms with van der Waals surface area (Å²) in [5.41, 5.74) is 3.85. The maximum Gasteiger partial charge on any atom is 0.416 e. The Morgan fingerprint density at radius 1 is 0.978 bits per heavy atom. The van der Waals surface area contributed by atoms with Crippen LogP contribution in [0.4, 0.5) is 41.6 Å². The number of piperazine rings is 1. The second kappa shape index (κ2) is 13.5. The lowest BCUT2D eigenvalue weighted by Gasteiger charge is -2.34. The third-order valence-corrected chi connectivity index (χ3v) is 7.79. The molecule has 2 amide bonds. The molecule has 11 heteroatoms. The number of nitrogens with one attached hydrogen (secondary N) is 3. The van der Waals surface area contributed by atoms with Crippen LogP contribution in [0.5, 0.6) is 5.75 Å². The number of fused-ring (bicyclic) bond motifs is 1. The van der Waals surface area contributed by atoms with Crippen molar-refractivity contribution in [1.29, 1.82) is 0 Å². The van der Waals surface area contributed by atoms with Gasteiger partial charge in [0, 0.05) is 77.8 Å². The standard InChI is InChI=1S/C35H36F3N5O3/c1-5-6-7-22(2)14-31-30-9-8-25(21-32(30)41-34(31)45)39-26-18-27(20-29(19-26)46-4)40-33(44)23-15-24(35(36,37)38)17-28(16-23)43-12-10-42(3)11-13-43/h5-9,14-21,39H,10-13H2,1-4H3,(H,40,44)(H,41,45)/b6-5-,22-7+,31-14-. The number of hydrogen-bond acceptors (Lipinski definition) is 6. The van der Waals surface area contributed by atoms with Crippen LogP contribution in [0.25, 0.3) is 5.57 Å². The molecule has 1 saturated heterocycles. The second-order valence-corrected chi connectivity index (χ2v) is 11.3. The van der Waals surface area contributed by atoms with Crippen molar-refractivity contribution in [3.05, 3.63) is 101 Å². The van der Waals surface area contributed by atoms with Gasteiger partial charge in [-0.05, 0) is 63.4 Å². The zero-order valence-electron chi connectivity index (χ0n) is 26.1. The fourth-order valence-electron chi connectivity index (χ4n) is 5.32. The molecular weight excluding hydrogens is 595 g/mol. The lowest BCUT2D eigenvalue weighted by molar-refractivity contribution is -0.137. The lowest BCUT2D eigenvalue weighted by atomic mass is 10.0. The van der Waals surface area contributed by atoms with Crippen LogP contribution in [0, 0.1) is 0 Å². The SMILES string of the molecule is C\C=C/C=C(C)/C=C1\C(=O)Nc2cc(Nc3cc(NC(=O)c4cc(N5CCN(C)CC5)cc(C(F)(F)F)c4)cc(OC)c3)ccc21. The minimum atomic E-state index is -4.61. The van der Waals surface area contributed by atoms with Crippen molar-refractivity contribution < 1.29 is 27.5 Å². The summed E-state index contributed by atoms with van der Waals surface area (Å²) in [4.78, 5) is 30.0. The molecule has 3 N–H and O–H groups in total. The number of hydrogen-bond donors (Lipinski definition) is 3. The van der Waals surface area contributed by atoms with Crippen molar-refractivity contribution in [3.63, 3.8) is 0 Å². The van der Waals surface area contributed by atoms with Crippen LogP contribution < -0.4 is 25.6 Å². The predicted molar refractivity (Wildman–Crippen MR) is 177 cm³/mol. The van der Waals surface area contributed by atoms with Gasteiger partial charge in [-0.2, -0.15) is 13.2 Å². The van der Waals surface area contributed by atoms with Crippen molar-refractivity contribution in [1.82, 2.24) is 4.90 Å². The molecule has 5 rings (SSSR count). The maximum absolute atomic E-state index is 13.8. The molecule has 0 atom stereocenters. The minimum Gasteiger partial charge on any atom is -0.497 e. The third kappa shape index (κ3) is 7.60. The molecule has 8 nitrogen and oxygen atoms in total. The van der Waals surface area contributed by atoms with Crippen LogP contribution in [-0.4, -0.2) is 57.1 Å². The molecule has 3 aromatic rings. The van der Waals surface area contributed by atoms with E-state index in [4.69, 9.17) is 4.74 Å². The van der Waals surface area contributed by atoms with Gasteiger partial charge in [0.2, 0.25) is 0 Å². The van der Waals surface area contributed by atoms with E-state index in [1.807, 2.05) is 62.2 Å². The Hall–Kier alpha value is -5.03. The Morgan fingerprint density at radius 3 is 2.41 bits per heavy atom. The van der Waals surface area contributed by atoms with Crippen LogP contribution in [0.15, 0.2) is 84.5 Å². The van der Waals surface area contributed by atoms with Crippen LogP contribution in [0.2, 0.25) is 0 Å². The number of rotatable bonds is 8. The molecule has 2 aliphatic rings. The van der Waals surface area contributed by atoms with E-state index < -0.39 is 17.6 Å². The molecule has 0 saturated carbocycles. The third-order valence-electron chi connectivity index (χ3n) is 7.79. The van der Waals surface area contributed by atoms with Crippen LogP contribution in [0.3, 0.4) is 0 Å². The van der Waals surface area contributed by atoms with E-state index in [0.717, 1.165) is 23.3 Å². The van der Waals surface area contributed by atoms with E-state index in [2.05, 4.69) is 20.9 Å². The first-order valence-corrected chi connectivity index (χ1v) is 14.8. The molecule has 46 heavy (non-hydrogen) atoms. The van der Waals surface area contributed by atoms with Crippen molar-refractivity contribution in [3.8, 4) is 5.75 Å². The first-order chi connectivity index (χ1) is 21.9. The molecule has 0 aliphatic carbocycles. The fourth-order valence-corrected chi connectivity index (χ4v) is 5.32. The first-order valence-electron chi connectivity index (χ1n) is 14.8. The number of anilines is 5. The summed E-state index contributed by atoms with van der Waals surface area (Å²) in [6.45, 7) is 6.37. The van der Waals surface area contributed by atoms with E-state index in [9.17, 15) is 22.8 Å². The Bertz CT molecular complexity index is 1740. The number of alkyl halides is 3. The van der Waals surface area contributed by atoms with E-state index >= 15 is 0 Å². The normalized spacial score (nSPS) is 16.5. The van der Waals surface area contributed by atoms with Gasteiger partial charge >= 0.3 is 6.18 Å². The summed E-state index contributed by atoms with van der Waals surface area (Å²) in [5.74, 6) is -0.457. The van der Waals surface area contributed by atoms with Crippen molar-refractivity contribution >= 4 is 45.8 Å². The number of carbonyl (C=O) groups is 2. The molecule has 3 aromatic carbocycles. The summed E-state index contributed by atoms with van der Waals surface area (Å²) in [6, 6.07) is 13.9. The quantitative estimate of drug-likeness (QED) is 0.179. The molecular formula is C35H36F3N5O3. The Balaban J connectivity index is 1.38. The van der Waals surface area contributed by atoms with Gasteiger partial charge in [-0.3, -0.25) is 9.59 Å². The molecule has 0 unspecified atom stereocenters. The molecule has 0 radical (unpaired) electrons. The van der Waals surface area contributed by atoms with Gasteiger partial charge in [0.25, 0.3) is 11.8 Å². The van der Waals surface area contributed by atoms with Crippen LogP contribution in [0.1, 0.15) is 35.3 Å². The number of carbonyl (C=O) groups excluding carboxylic acids is 2. The lowest BCUT2D eigenvalue weighted by Crippen LogP contribution is -2.44. The van der Waals surface area contributed by atoms with Crippen LogP contribution >= 0.6 is 0 Å². The van der Waals surface area contributed by atoms with Crippen molar-refractivity contribution in [2.24, 2.45) is 0 Å². The highest BCUT2D eigenvalue weighted by atomic mass is 19.4. The highest BCUT2D eigenvalue weighted by molar-refractivity contribution is 6.32. The second-order valence-electron chi connectivity index (χ2n) is 11.3. The summed E-state index contributed by atoms with van der Waals surface area (Å²) < 4.78 is 46.9. The summed E-state index contributed by atoms with van der Waals surface area (Å²) in [7, 11) is 3.44. The van der Waals surface area contributed by atoms with Gasteiger partial charge in [0.05, 0.1) is 18.4 Å². The van der Waals surface area contributed by atoms with Gasteiger partial charge < -0.3 is 30.5 Å². The zero-order chi connectivity index (χ0) is 33.0. The number of halogens is 3. The highest BCUT2D eigenvalue weighted by Crippen LogP contribution is 2.37. The molecule has 1 fully saturated rings. The van der Waals surface area contributed by atoms with E-state index in [0.29, 0.717) is 65.9 Å². The number of methoxy groups -OCH3 is 1. The maximum atomic E-state index is 13.8. The Labute approximate surface area is 266 Å². The predicted octanol–water partition coefficient (Wildman–Crippen LogP) is 7.32. The number of nitrogens with zero attached hydrogens (tertiary/aromatic N) is 2. The summed E-state index contributed by atoms with van der Waals surface area (Å²) in [5, 5.41) is 8.89. The van der Waals surface area contributed by atoms with Gasteiger partial charge in [0.1, 0.15) is 5.75 Å². The molecule has 0 spiro atoms. The molecule has 2 heterocycles. The number of likely N-dealkylation sites (N-methyl/N-ethyl adjacent to an activating group) is 1. The average Bonchev–Trinajstić information content (AvgIpc) is 3.32. The molecule has 0 aromatic heterocycles. The van der Waals surface area contributed by atoms with E-state index in [1.54, 1.807) is 24.3 Å². The summed E-state index contributed by atoms with van der Waals surface area (Å²) in [6.07, 6.45) is 2.97. The topological polar surface area (TPSA) is 85.9 Å². The fraction of sp³-hybridized carbons (Fsp3) is 0.257. The Kier molecular flexibility index (Phi) is 9.52. The molecule has 240 valence electrons. The number of allylic oxidation sites excluding steroid dienone is 5. The zero-order valence-corrected chi connectivity index (χ0v) is 26.1. The molecule has 2 aliphatic heterocycles. The van der Waals surface area contributed by atoms with E-state index in [1.165, 1.54) is 13.2 Å². The van der Waals surface area contributed by atoms with Gasteiger partial charge in [-0.25, -0.2) is 0 Å². The number of benzene rings is 3. The minimum absolute atomic E-state index is 0.102. The van der Waals surface area contributed by atoms with E-state index in [-0.39, 0.29) is 11.5 Å². The van der Waals surface area contributed by atoms with Crippen molar-refractivity contribution in [2.45, 2.75) is 20.0 Å². The number of amides is 2. The van der Waals surface area contributed by atoms with Gasteiger partial charge in [-0.15, -0.1) is 0 Å². The smallest absolute Gasteiger partial charge is 0.416 e.